The van der Waals surface area contributed by atoms with E-state index in [1.165, 1.54) is 17.0 Å². The second-order valence-electron chi connectivity index (χ2n) is 7.94. The first-order valence-electron chi connectivity index (χ1n) is 10.1. The molecule has 1 saturated heterocycles. The van der Waals surface area contributed by atoms with Gasteiger partial charge in [-0.1, -0.05) is 24.3 Å². The molecule has 0 radical (unpaired) electrons. The van der Waals surface area contributed by atoms with Crippen molar-refractivity contribution >= 4 is 23.5 Å². The summed E-state index contributed by atoms with van der Waals surface area (Å²) in [6.45, 7) is 0.168. The summed E-state index contributed by atoms with van der Waals surface area (Å²) in [5.74, 6) is -6.56. The van der Waals surface area contributed by atoms with E-state index in [4.69, 9.17) is 0 Å². The van der Waals surface area contributed by atoms with Crippen LogP contribution in [0, 0.1) is 0 Å². The highest BCUT2D eigenvalue weighted by Gasteiger charge is 2.41. The largest absolute Gasteiger partial charge is 0.508 e. The van der Waals surface area contributed by atoms with Gasteiger partial charge < -0.3 is 10.0 Å². The first kappa shape index (κ1) is 21.6. The number of hydrogen-bond acceptors (Lipinski definition) is 5. The van der Waals surface area contributed by atoms with Gasteiger partial charge in [-0.25, -0.2) is 0 Å². The number of benzene rings is 2. The Kier molecular flexibility index (Phi) is 5.50. The van der Waals surface area contributed by atoms with E-state index in [1.807, 2.05) is 0 Å². The van der Waals surface area contributed by atoms with E-state index < -0.39 is 35.6 Å². The SMILES string of the molecule is O=C1CCC(N2Cc3cc(CCC(=O)C(F)(F)c4cccc(O)c4)ccc3C2=O)C(=O)N1. The number of nitrogens with zero attached hydrogens (tertiary/aromatic N) is 1. The summed E-state index contributed by atoms with van der Waals surface area (Å²) < 4.78 is 28.9. The van der Waals surface area contributed by atoms with Crippen molar-refractivity contribution in [2.24, 2.45) is 0 Å². The lowest BCUT2D eigenvalue weighted by Crippen LogP contribution is -2.52. The van der Waals surface area contributed by atoms with Crippen molar-refractivity contribution in [3.63, 3.8) is 0 Å². The van der Waals surface area contributed by atoms with Crippen LogP contribution in [0.1, 0.15) is 46.3 Å². The van der Waals surface area contributed by atoms with E-state index in [0.29, 0.717) is 16.7 Å². The van der Waals surface area contributed by atoms with Gasteiger partial charge in [0.1, 0.15) is 11.8 Å². The Morgan fingerprint density at radius 2 is 1.94 bits per heavy atom. The van der Waals surface area contributed by atoms with E-state index >= 15 is 0 Å². The van der Waals surface area contributed by atoms with Crippen LogP contribution in [0.5, 0.6) is 5.75 Å². The molecule has 0 saturated carbocycles. The molecule has 2 heterocycles. The second kappa shape index (κ2) is 8.14. The lowest BCUT2D eigenvalue weighted by molar-refractivity contribution is -0.144. The number of imide groups is 1. The molecule has 2 aliphatic rings. The van der Waals surface area contributed by atoms with Crippen LogP contribution < -0.4 is 5.32 Å². The maximum Gasteiger partial charge on any atom is 0.330 e. The van der Waals surface area contributed by atoms with E-state index in [0.717, 1.165) is 12.1 Å². The average Bonchev–Trinajstić information content (AvgIpc) is 3.07. The van der Waals surface area contributed by atoms with Crippen molar-refractivity contribution < 1.29 is 33.1 Å². The number of carbonyl (C=O) groups excluding carboxylic acids is 4. The van der Waals surface area contributed by atoms with Gasteiger partial charge in [0.25, 0.3) is 5.91 Å². The molecule has 166 valence electrons. The summed E-state index contributed by atoms with van der Waals surface area (Å²) in [4.78, 5) is 49.8. The fourth-order valence-corrected chi connectivity index (χ4v) is 4.06. The Labute approximate surface area is 182 Å². The number of phenols is 1. The molecule has 0 bridgehead atoms. The maximum absolute atomic E-state index is 14.5. The van der Waals surface area contributed by atoms with Crippen LogP contribution in [0.3, 0.4) is 0 Å². The van der Waals surface area contributed by atoms with Gasteiger partial charge in [0.15, 0.2) is 0 Å². The lowest BCUT2D eigenvalue weighted by Gasteiger charge is -2.29. The molecule has 4 rings (SSSR count). The molecule has 0 aromatic heterocycles. The third-order valence-electron chi connectivity index (χ3n) is 5.79. The number of piperidine rings is 1. The van der Waals surface area contributed by atoms with Crippen molar-refractivity contribution in [2.45, 2.75) is 44.2 Å². The maximum atomic E-state index is 14.5. The van der Waals surface area contributed by atoms with E-state index in [9.17, 15) is 33.1 Å². The molecule has 0 spiro atoms. The van der Waals surface area contributed by atoms with Crippen LogP contribution in [-0.4, -0.2) is 39.6 Å². The third-order valence-corrected chi connectivity index (χ3v) is 5.79. The highest BCUT2D eigenvalue weighted by molar-refractivity contribution is 6.05. The van der Waals surface area contributed by atoms with Gasteiger partial charge >= 0.3 is 5.92 Å². The minimum atomic E-state index is -3.73. The molecule has 7 nitrogen and oxygen atoms in total. The minimum Gasteiger partial charge on any atom is -0.508 e. The van der Waals surface area contributed by atoms with E-state index in [1.54, 1.807) is 18.2 Å². The topological polar surface area (TPSA) is 104 Å². The number of ketones is 1. The zero-order valence-corrected chi connectivity index (χ0v) is 16.9. The Balaban J connectivity index is 1.44. The Bertz CT molecular complexity index is 1130. The van der Waals surface area contributed by atoms with Gasteiger partial charge in [0.05, 0.1) is 0 Å². The molecule has 0 aliphatic carbocycles. The van der Waals surface area contributed by atoms with E-state index in [-0.39, 0.29) is 43.4 Å². The zero-order valence-electron chi connectivity index (χ0n) is 16.9. The van der Waals surface area contributed by atoms with Crippen LogP contribution in [0.15, 0.2) is 42.5 Å². The van der Waals surface area contributed by atoms with Gasteiger partial charge in [-0.05, 0) is 42.2 Å². The van der Waals surface area contributed by atoms with Crippen LogP contribution in [-0.2, 0) is 33.3 Å². The molecule has 2 N–H and O–H groups in total. The van der Waals surface area contributed by atoms with Gasteiger partial charge in [-0.3, -0.25) is 24.5 Å². The summed E-state index contributed by atoms with van der Waals surface area (Å²) >= 11 is 0. The number of amides is 3. The van der Waals surface area contributed by atoms with Crippen molar-refractivity contribution in [1.29, 1.82) is 0 Å². The number of alkyl halides is 2. The summed E-state index contributed by atoms with van der Waals surface area (Å²) in [5.41, 5.74) is 1.10. The highest BCUT2D eigenvalue weighted by Crippen LogP contribution is 2.33. The average molecular weight is 442 g/mol. The van der Waals surface area contributed by atoms with E-state index in [2.05, 4.69) is 5.32 Å². The van der Waals surface area contributed by atoms with Crippen molar-refractivity contribution in [2.75, 3.05) is 0 Å². The standard InChI is InChI=1S/C23H20F2N2O5/c24-23(25,15-2-1-3-16(28)11-15)19(29)8-5-13-4-6-17-14(10-13)12-27(22(17)32)18-7-9-20(30)26-21(18)31/h1-4,6,10-11,18,28H,5,7-9,12H2,(H,26,30,31). The highest BCUT2D eigenvalue weighted by atomic mass is 19.3. The van der Waals surface area contributed by atoms with Crippen LogP contribution in [0.4, 0.5) is 8.78 Å². The first-order chi connectivity index (χ1) is 15.2. The Morgan fingerprint density at radius 3 is 2.66 bits per heavy atom. The zero-order chi connectivity index (χ0) is 23.0. The molecule has 9 heteroatoms. The van der Waals surface area contributed by atoms with Gasteiger partial charge in [0.2, 0.25) is 17.6 Å². The summed E-state index contributed by atoms with van der Waals surface area (Å²) in [7, 11) is 0. The monoisotopic (exact) mass is 442 g/mol. The summed E-state index contributed by atoms with van der Waals surface area (Å²) in [6, 6.07) is 8.55. The Hall–Kier alpha value is -3.62. The quantitative estimate of drug-likeness (QED) is 0.669. The minimum absolute atomic E-state index is 0.0487. The normalized spacial score (nSPS) is 18.5. The van der Waals surface area contributed by atoms with Crippen molar-refractivity contribution in [1.82, 2.24) is 10.2 Å². The molecule has 2 aromatic rings. The number of nitrogens with one attached hydrogen (secondary N) is 1. The number of hydrogen-bond donors (Lipinski definition) is 2. The van der Waals surface area contributed by atoms with Crippen molar-refractivity contribution in [3.8, 4) is 5.75 Å². The fourth-order valence-electron chi connectivity index (χ4n) is 4.06. The molecular formula is C23H20F2N2O5. The molecule has 1 unspecified atom stereocenters. The third kappa shape index (κ3) is 3.98. The van der Waals surface area contributed by atoms with Gasteiger partial charge in [-0.15, -0.1) is 0 Å². The number of aryl methyl sites for hydroxylation is 1. The number of Topliss-reactive ketones (excluding diaryl/α,β-unsaturated/α-hetero) is 1. The molecular weight excluding hydrogens is 422 g/mol. The Morgan fingerprint density at radius 1 is 1.16 bits per heavy atom. The predicted molar refractivity (Wildman–Crippen MR) is 108 cm³/mol. The number of carbonyl (C=O) groups is 4. The number of aromatic hydroxyl groups is 1. The summed E-state index contributed by atoms with van der Waals surface area (Å²) in [6.07, 6.45) is 0.0204. The second-order valence-corrected chi connectivity index (χ2v) is 7.94. The number of rotatable bonds is 6. The number of phenolic OH excluding ortho intramolecular Hbond substituents is 1. The molecule has 2 aromatic carbocycles. The lowest BCUT2D eigenvalue weighted by atomic mass is 9.97. The first-order valence-corrected chi connectivity index (χ1v) is 10.1. The molecule has 2 aliphatic heterocycles. The molecule has 1 atom stereocenters. The fraction of sp³-hybridized carbons (Fsp3) is 0.304. The van der Waals surface area contributed by atoms with Gasteiger partial charge in [-0.2, -0.15) is 8.78 Å². The van der Waals surface area contributed by atoms with Crippen LogP contribution in [0.2, 0.25) is 0 Å². The molecule has 1 fully saturated rings. The van der Waals surface area contributed by atoms with Gasteiger partial charge in [0, 0.05) is 30.5 Å². The van der Waals surface area contributed by atoms with Crippen molar-refractivity contribution in [3.05, 3.63) is 64.7 Å². The summed E-state index contributed by atoms with van der Waals surface area (Å²) in [5, 5.41) is 11.6. The van der Waals surface area contributed by atoms with Crippen LogP contribution >= 0.6 is 0 Å². The number of fused-ring (bicyclic) bond motifs is 1. The number of halogens is 2. The predicted octanol–water partition coefficient (Wildman–Crippen LogP) is 2.45. The molecule has 32 heavy (non-hydrogen) atoms. The molecule has 3 amide bonds. The van der Waals surface area contributed by atoms with Crippen LogP contribution in [0.25, 0.3) is 0 Å². The smallest absolute Gasteiger partial charge is 0.330 e.